The van der Waals surface area contributed by atoms with Gasteiger partial charge in [0, 0.05) is 17.1 Å². The lowest BCUT2D eigenvalue weighted by Gasteiger charge is -2.19. The van der Waals surface area contributed by atoms with E-state index in [2.05, 4.69) is 16.2 Å². The van der Waals surface area contributed by atoms with Crippen molar-refractivity contribution in [2.24, 2.45) is 0 Å². The first-order valence-electron chi connectivity index (χ1n) is 6.11. The molecule has 1 heterocycles. The molecule has 5 heteroatoms. The van der Waals surface area contributed by atoms with Crippen LogP contribution >= 0.6 is 11.6 Å². The van der Waals surface area contributed by atoms with Crippen molar-refractivity contribution in [2.75, 3.05) is 0 Å². The summed E-state index contributed by atoms with van der Waals surface area (Å²) >= 11 is 5.89. The van der Waals surface area contributed by atoms with Crippen LogP contribution in [0.25, 0.3) is 0 Å². The van der Waals surface area contributed by atoms with Gasteiger partial charge in [0.15, 0.2) is 0 Å². The molecule has 1 aromatic rings. The van der Waals surface area contributed by atoms with Crippen LogP contribution in [0.15, 0.2) is 24.3 Å². The highest BCUT2D eigenvalue weighted by Crippen LogP contribution is 2.12. The lowest BCUT2D eigenvalue weighted by atomic mass is 10.1. The Kier molecular flexibility index (Phi) is 4.22. The minimum absolute atomic E-state index is 0.0199. The number of amides is 1. The van der Waals surface area contributed by atoms with Crippen LogP contribution in [-0.4, -0.2) is 24.0 Å². The van der Waals surface area contributed by atoms with Crippen molar-refractivity contribution in [1.29, 1.82) is 0 Å². The summed E-state index contributed by atoms with van der Waals surface area (Å²) < 4.78 is 0. The standard InChI is InChI=1S/C13H18ClN3O/c1-8-13(9(2)17-16-8)15-12(18)7-10-4-3-5-11(14)6-10/h3-6,8-9,13,16-17H,7H2,1-2H3,(H,15,18). The molecule has 2 rings (SSSR count). The maximum Gasteiger partial charge on any atom is 0.224 e. The van der Waals surface area contributed by atoms with Crippen LogP contribution in [0.3, 0.4) is 0 Å². The predicted molar refractivity (Wildman–Crippen MR) is 72.3 cm³/mol. The second kappa shape index (κ2) is 5.69. The Balaban J connectivity index is 1.93. The highest BCUT2D eigenvalue weighted by molar-refractivity contribution is 6.30. The van der Waals surface area contributed by atoms with E-state index >= 15 is 0 Å². The molecule has 1 saturated heterocycles. The molecule has 2 atom stereocenters. The summed E-state index contributed by atoms with van der Waals surface area (Å²) in [6.07, 6.45) is 0.358. The maximum atomic E-state index is 12.0. The van der Waals surface area contributed by atoms with Crippen LogP contribution in [0.1, 0.15) is 19.4 Å². The SMILES string of the molecule is CC1NNC(C)C1NC(=O)Cc1cccc(Cl)c1. The molecule has 0 bridgehead atoms. The van der Waals surface area contributed by atoms with Gasteiger partial charge in [-0.05, 0) is 31.5 Å². The smallest absolute Gasteiger partial charge is 0.224 e. The van der Waals surface area contributed by atoms with Crippen molar-refractivity contribution in [3.8, 4) is 0 Å². The molecule has 18 heavy (non-hydrogen) atoms. The quantitative estimate of drug-likeness (QED) is 0.773. The number of carbonyl (C=O) groups excluding carboxylic acids is 1. The van der Waals surface area contributed by atoms with Crippen LogP contribution < -0.4 is 16.2 Å². The average Bonchev–Trinajstić information content (AvgIpc) is 2.61. The van der Waals surface area contributed by atoms with E-state index in [4.69, 9.17) is 11.6 Å². The molecule has 0 aromatic heterocycles. The Morgan fingerprint density at radius 2 is 2.00 bits per heavy atom. The molecule has 1 aliphatic heterocycles. The summed E-state index contributed by atoms with van der Waals surface area (Å²) in [6, 6.07) is 7.94. The summed E-state index contributed by atoms with van der Waals surface area (Å²) in [4.78, 5) is 12.0. The van der Waals surface area contributed by atoms with Crippen molar-refractivity contribution in [3.63, 3.8) is 0 Å². The molecule has 0 spiro atoms. The molecule has 1 aliphatic rings. The largest absolute Gasteiger partial charge is 0.350 e. The van der Waals surface area contributed by atoms with E-state index in [0.29, 0.717) is 11.4 Å². The van der Waals surface area contributed by atoms with Gasteiger partial charge in [0.25, 0.3) is 0 Å². The second-order valence-corrected chi connectivity index (χ2v) is 5.20. The molecule has 4 nitrogen and oxygen atoms in total. The molecule has 1 fully saturated rings. The van der Waals surface area contributed by atoms with Gasteiger partial charge < -0.3 is 5.32 Å². The zero-order chi connectivity index (χ0) is 13.1. The Morgan fingerprint density at radius 1 is 1.33 bits per heavy atom. The molecular formula is C13H18ClN3O. The van der Waals surface area contributed by atoms with Crippen LogP contribution in [-0.2, 0) is 11.2 Å². The van der Waals surface area contributed by atoms with Crippen molar-refractivity contribution in [3.05, 3.63) is 34.9 Å². The van der Waals surface area contributed by atoms with Crippen molar-refractivity contribution >= 4 is 17.5 Å². The van der Waals surface area contributed by atoms with Crippen LogP contribution in [0.5, 0.6) is 0 Å². The maximum absolute atomic E-state index is 12.0. The number of rotatable bonds is 3. The normalized spacial score (nSPS) is 27.2. The van der Waals surface area contributed by atoms with E-state index in [1.54, 1.807) is 6.07 Å². The first-order valence-corrected chi connectivity index (χ1v) is 6.49. The average molecular weight is 268 g/mol. The van der Waals surface area contributed by atoms with Crippen LogP contribution in [0.2, 0.25) is 5.02 Å². The number of hydrogen-bond acceptors (Lipinski definition) is 3. The van der Waals surface area contributed by atoms with Crippen molar-refractivity contribution in [2.45, 2.75) is 38.4 Å². The zero-order valence-corrected chi connectivity index (χ0v) is 11.3. The van der Waals surface area contributed by atoms with Crippen molar-refractivity contribution in [1.82, 2.24) is 16.2 Å². The molecule has 0 saturated carbocycles. The fraction of sp³-hybridized carbons (Fsp3) is 0.462. The minimum Gasteiger partial charge on any atom is -0.350 e. The van der Waals surface area contributed by atoms with Gasteiger partial charge in [0.1, 0.15) is 0 Å². The summed E-state index contributed by atoms with van der Waals surface area (Å²) in [7, 11) is 0. The number of halogens is 1. The van der Waals surface area contributed by atoms with Gasteiger partial charge in [-0.1, -0.05) is 23.7 Å². The molecule has 0 aliphatic carbocycles. The molecule has 98 valence electrons. The third-order valence-corrected chi connectivity index (χ3v) is 3.43. The predicted octanol–water partition coefficient (Wildman–Crippen LogP) is 1.25. The first-order chi connectivity index (χ1) is 8.56. The third kappa shape index (κ3) is 3.22. The van der Waals surface area contributed by atoms with Crippen molar-refractivity contribution < 1.29 is 4.79 Å². The van der Waals surface area contributed by atoms with E-state index in [1.807, 2.05) is 32.0 Å². The molecule has 2 unspecified atom stereocenters. The highest BCUT2D eigenvalue weighted by atomic mass is 35.5. The topological polar surface area (TPSA) is 53.2 Å². The summed E-state index contributed by atoms with van der Waals surface area (Å²) in [5, 5.41) is 3.70. The van der Waals surface area contributed by atoms with E-state index in [1.165, 1.54) is 0 Å². The van der Waals surface area contributed by atoms with Gasteiger partial charge in [0.05, 0.1) is 12.5 Å². The Morgan fingerprint density at radius 3 is 2.61 bits per heavy atom. The number of benzene rings is 1. The first kappa shape index (κ1) is 13.3. The van der Waals surface area contributed by atoms with Gasteiger partial charge in [-0.3, -0.25) is 15.6 Å². The van der Waals surface area contributed by atoms with Crippen LogP contribution in [0, 0.1) is 0 Å². The van der Waals surface area contributed by atoms with Gasteiger partial charge >= 0.3 is 0 Å². The lowest BCUT2D eigenvalue weighted by molar-refractivity contribution is -0.121. The van der Waals surface area contributed by atoms with E-state index in [0.717, 1.165) is 5.56 Å². The van der Waals surface area contributed by atoms with Gasteiger partial charge in [-0.25, -0.2) is 0 Å². The fourth-order valence-electron chi connectivity index (χ4n) is 2.19. The fourth-order valence-corrected chi connectivity index (χ4v) is 2.41. The molecule has 1 aromatic carbocycles. The van der Waals surface area contributed by atoms with E-state index in [-0.39, 0.29) is 24.0 Å². The minimum atomic E-state index is 0.0199. The number of hydrogen-bond donors (Lipinski definition) is 3. The third-order valence-electron chi connectivity index (χ3n) is 3.20. The summed E-state index contributed by atoms with van der Waals surface area (Å²) in [5.41, 5.74) is 7.15. The number of hydrazine groups is 1. The molecule has 1 amide bonds. The van der Waals surface area contributed by atoms with Crippen LogP contribution in [0.4, 0.5) is 0 Å². The lowest BCUT2D eigenvalue weighted by Crippen LogP contribution is -2.46. The summed E-state index contributed by atoms with van der Waals surface area (Å²) in [6.45, 7) is 4.08. The van der Waals surface area contributed by atoms with E-state index in [9.17, 15) is 4.79 Å². The molecular weight excluding hydrogens is 250 g/mol. The summed E-state index contributed by atoms with van der Waals surface area (Å²) in [5.74, 6) is 0.0199. The Bertz CT molecular complexity index is 428. The Hall–Kier alpha value is -1.10. The highest BCUT2D eigenvalue weighted by Gasteiger charge is 2.30. The van der Waals surface area contributed by atoms with Gasteiger partial charge in [-0.2, -0.15) is 0 Å². The second-order valence-electron chi connectivity index (χ2n) is 4.77. The number of nitrogens with one attached hydrogen (secondary N) is 3. The monoisotopic (exact) mass is 267 g/mol. The molecule has 3 N–H and O–H groups in total. The Labute approximate surface area is 112 Å². The zero-order valence-electron chi connectivity index (χ0n) is 10.5. The van der Waals surface area contributed by atoms with Gasteiger partial charge in [-0.15, -0.1) is 0 Å². The van der Waals surface area contributed by atoms with Gasteiger partial charge in [0.2, 0.25) is 5.91 Å². The number of carbonyl (C=O) groups is 1. The molecule has 0 radical (unpaired) electrons. The van der Waals surface area contributed by atoms with E-state index < -0.39 is 0 Å².